The Morgan fingerprint density at radius 2 is 1.90 bits per heavy atom. The molecule has 0 aliphatic rings. The van der Waals surface area contributed by atoms with Crippen molar-refractivity contribution in [2.75, 3.05) is 0 Å². The monoisotopic (exact) mass is 291 g/mol. The summed E-state index contributed by atoms with van der Waals surface area (Å²) in [5, 5.41) is 9.05. The fourth-order valence-electron chi connectivity index (χ4n) is 1.84. The molecule has 3 nitrogen and oxygen atoms in total. The van der Waals surface area contributed by atoms with Gasteiger partial charge in [0.15, 0.2) is 0 Å². The van der Waals surface area contributed by atoms with Crippen LogP contribution in [0.15, 0.2) is 42.5 Å². The third-order valence-corrected chi connectivity index (χ3v) is 2.68. The molecule has 0 atom stereocenters. The lowest BCUT2D eigenvalue weighted by molar-refractivity contribution is -0.274. The van der Waals surface area contributed by atoms with Gasteiger partial charge in [0.25, 0.3) is 0 Å². The second-order valence-electron chi connectivity index (χ2n) is 4.11. The number of halogens is 3. The summed E-state index contributed by atoms with van der Waals surface area (Å²) in [6, 6.07) is 11.5. The van der Waals surface area contributed by atoms with Gasteiger partial charge in [-0.15, -0.1) is 13.2 Å². The van der Waals surface area contributed by atoms with Crippen molar-refractivity contribution in [1.82, 2.24) is 0 Å². The minimum absolute atomic E-state index is 0.188. The topological polar surface area (TPSA) is 50.1 Å². The smallest absolute Gasteiger partial charge is 0.406 e. The highest BCUT2D eigenvalue weighted by molar-refractivity contribution is 5.80. The molecule has 0 radical (unpaired) electrons. The van der Waals surface area contributed by atoms with Crippen LogP contribution >= 0.6 is 0 Å². The predicted octanol–water partition coefficient (Wildman–Crippen LogP) is 3.94. The molecule has 0 saturated heterocycles. The molecule has 0 amide bonds. The maximum Gasteiger partial charge on any atom is 0.573 e. The molecule has 2 rings (SSSR count). The Labute approximate surface area is 118 Å². The summed E-state index contributed by atoms with van der Waals surface area (Å²) in [7, 11) is 0. The Hall–Kier alpha value is -2.81. The fourth-order valence-corrected chi connectivity index (χ4v) is 1.84. The molecule has 106 valence electrons. The van der Waals surface area contributed by atoms with Gasteiger partial charge in [-0.25, -0.2) is 0 Å². The van der Waals surface area contributed by atoms with Crippen LogP contribution in [0.3, 0.4) is 0 Å². The summed E-state index contributed by atoms with van der Waals surface area (Å²) in [4.78, 5) is 10.8. The van der Waals surface area contributed by atoms with Crippen LogP contribution < -0.4 is 4.74 Å². The third-order valence-electron chi connectivity index (χ3n) is 2.68. The van der Waals surface area contributed by atoms with Crippen LogP contribution in [-0.4, -0.2) is 12.6 Å². The van der Waals surface area contributed by atoms with E-state index in [0.29, 0.717) is 17.4 Å². The van der Waals surface area contributed by atoms with E-state index in [1.54, 1.807) is 18.2 Å². The van der Waals surface area contributed by atoms with Gasteiger partial charge < -0.3 is 4.74 Å². The number of nitrogens with zero attached hydrogens (tertiary/aromatic N) is 1. The Bertz CT molecular complexity index is 718. The van der Waals surface area contributed by atoms with Crippen LogP contribution in [0.5, 0.6) is 5.75 Å². The Balaban J connectivity index is 2.52. The van der Waals surface area contributed by atoms with Crippen molar-refractivity contribution >= 4 is 6.29 Å². The average Bonchev–Trinajstić information content (AvgIpc) is 2.45. The number of ether oxygens (including phenoxy) is 1. The van der Waals surface area contributed by atoms with Crippen LogP contribution in [0.25, 0.3) is 11.1 Å². The van der Waals surface area contributed by atoms with Crippen LogP contribution in [0, 0.1) is 11.3 Å². The molecule has 0 spiro atoms. The maximum absolute atomic E-state index is 12.2. The van der Waals surface area contributed by atoms with E-state index in [1.807, 2.05) is 6.07 Å². The van der Waals surface area contributed by atoms with Gasteiger partial charge >= 0.3 is 6.36 Å². The van der Waals surface area contributed by atoms with Gasteiger partial charge in [-0.3, -0.25) is 4.79 Å². The van der Waals surface area contributed by atoms with Gasteiger partial charge in [-0.2, -0.15) is 5.26 Å². The maximum atomic E-state index is 12.2. The lowest BCUT2D eigenvalue weighted by atomic mass is 9.98. The van der Waals surface area contributed by atoms with Crippen molar-refractivity contribution < 1.29 is 22.7 Å². The molecule has 6 heteroatoms. The lowest BCUT2D eigenvalue weighted by Crippen LogP contribution is -2.17. The molecule has 2 aromatic carbocycles. The molecule has 0 N–H and O–H groups in total. The molecule has 0 bridgehead atoms. The molecule has 0 aliphatic heterocycles. The van der Waals surface area contributed by atoms with Crippen molar-refractivity contribution in [3.63, 3.8) is 0 Å². The second kappa shape index (κ2) is 5.67. The number of hydrogen-bond acceptors (Lipinski definition) is 3. The summed E-state index contributed by atoms with van der Waals surface area (Å²) in [5.74, 6) is -0.423. The number of carbonyl (C=O) groups is 1. The van der Waals surface area contributed by atoms with Crippen molar-refractivity contribution in [1.29, 1.82) is 5.26 Å². The van der Waals surface area contributed by atoms with Crippen LogP contribution in [0.4, 0.5) is 13.2 Å². The molecule has 0 aromatic heterocycles. The first-order chi connectivity index (χ1) is 9.93. The zero-order valence-electron chi connectivity index (χ0n) is 10.5. The molecule has 0 aliphatic carbocycles. The van der Waals surface area contributed by atoms with Crippen molar-refractivity contribution in [2.45, 2.75) is 6.36 Å². The molecule has 0 heterocycles. The Morgan fingerprint density at radius 1 is 1.14 bits per heavy atom. The molecular weight excluding hydrogens is 283 g/mol. The molecular formula is C15H8F3NO2. The zero-order chi connectivity index (χ0) is 15.5. The minimum atomic E-state index is -4.81. The van der Waals surface area contributed by atoms with Crippen molar-refractivity contribution in [2.24, 2.45) is 0 Å². The number of aldehydes is 1. The van der Waals surface area contributed by atoms with Crippen LogP contribution in [-0.2, 0) is 0 Å². The molecule has 0 saturated carbocycles. The fraction of sp³-hybridized carbons (Fsp3) is 0.0667. The number of hydrogen-bond donors (Lipinski definition) is 0. The lowest BCUT2D eigenvalue weighted by Gasteiger charge is -2.11. The SMILES string of the molecule is N#Cc1ccc(OC(F)(F)F)cc1-c1cccc(C=O)c1. The van der Waals surface area contributed by atoms with Crippen molar-refractivity contribution in [3.05, 3.63) is 53.6 Å². The van der Waals surface area contributed by atoms with E-state index in [4.69, 9.17) is 5.26 Å². The van der Waals surface area contributed by atoms with Gasteiger partial charge in [0.1, 0.15) is 12.0 Å². The summed E-state index contributed by atoms with van der Waals surface area (Å²) >= 11 is 0. The normalized spacial score (nSPS) is 10.8. The first kappa shape index (κ1) is 14.6. The highest BCUT2D eigenvalue weighted by Gasteiger charge is 2.31. The van der Waals surface area contributed by atoms with E-state index in [9.17, 15) is 18.0 Å². The van der Waals surface area contributed by atoms with Crippen molar-refractivity contribution in [3.8, 4) is 22.9 Å². The molecule has 2 aromatic rings. The van der Waals surface area contributed by atoms with Gasteiger partial charge in [-0.05, 0) is 29.8 Å². The van der Waals surface area contributed by atoms with Crippen LogP contribution in [0.1, 0.15) is 15.9 Å². The summed E-state index contributed by atoms with van der Waals surface area (Å²) in [6.45, 7) is 0. The van der Waals surface area contributed by atoms with E-state index >= 15 is 0 Å². The highest BCUT2D eigenvalue weighted by atomic mass is 19.4. The molecule has 0 fully saturated rings. The summed E-state index contributed by atoms with van der Waals surface area (Å²) < 4.78 is 40.6. The Kier molecular flexibility index (Phi) is 3.94. The number of benzene rings is 2. The third kappa shape index (κ3) is 3.60. The Morgan fingerprint density at radius 3 is 2.52 bits per heavy atom. The minimum Gasteiger partial charge on any atom is -0.406 e. The van der Waals surface area contributed by atoms with Gasteiger partial charge in [0, 0.05) is 11.1 Å². The standard InChI is InChI=1S/C15H8F3NO2/c16-15(17,18)21-13-5-4-12(8-19)14(7-13)11-3-1-2-10(6-11)9-20/h1-7,9H. The largest absolute Gasteiger partial charge is 0.573 e. The summed E-state index contributed by atoms with van der Waals surface area (Å²) in [6.07, 6.45) is -4.19. The van der Waals surface area contributed by atoms with E-state index < -0.39 is 12.1 Å². The number of alkyl halides is 3. The number of carbonyl (C=O) groups excluding carboxylic acids is 1. The van der Waals surface area contributed by atoms with Gasteiger partial charge in [0.05, 0.1) is 11.6 Å². The quantitative estimate of drug-likeness (QED) is 0.805. The van der Waals surface area contributed by atoms with E-state index in [-0.39, 0.29) is 11.1 Å². The van der Waals surface area contributed by atoms with E-state index in [1.165, 1.54) is 12.1 Å². The first-order valence-corrected chi connectivity index (χ1v) is 5.78. The summed E-state index contributed by atoms with van der Waals surface area (Å²) in [5.41, 5.74) is 1.28. The highest BCUT2D eigenvalue weighted by Crippen LogP contribution is 2.31. The molecule has 0 unspecified atom stereocenters. The van der Waals surface area contributed by atoms with E-state index in [0.717, 1.165) is 12.1 Å². The number of rotatable bonds is 3. The predicted molar refractivity (Wildman–Crippen MR) is 68.7 cm³/mol. The first-order valence-electron chi connectivity index (χ1n) is 5.78. The molecule has 21 heavy (non-hydrogen) atoms. The number of nitriles is 1. The zero-order valence-corrected chi connectivity index (χ0v) is 10.5. The van der Waals surface area contributed by atoms with Gasteiger partial charge in [0.2, 0.25) is 0 Å². The van der Waals surface area contributed by atoms with Gasteiger partial charge in [-0.1, -0.05) is 18.2 Å². The average molecular weight is 291 g/mol. The second-order valence-corrected chi connectivity index (χ2v) is 4.11. The van der Waals surface area contributed by atoms with E-state index in [2.05, 4.69) is 4.74 Å². The van der Waals surface area contributed by atoms with Crippen LogP contribution in [0.2, 0.25) is 0 Å².